The summed E-state index contributed by atoms with van der Waals surface area (Å²) in [5.41, 5.74) is 2.80. The van der Waals surface area contributed by atoms with Gasteiger partial charge in [-0.2, -0.15) is 4.98 Å². The first kappa shape index (κ1) is 21.5. The Morgan fingerprint density at radius 3 is 3.03 bits per heavy atom. The summed E-state index contributed by atoms with van der Waals surface area (Å²) in [4.78, 5) is 18.0. The molecule has 0 aliphatic carbocycles. The lowest BCUT2D eigenvalue weighted by Crippen LogP contribution is -2.12. The Hall–Kier alpha value is -3.33. The van der Waals surface area contributed by atoms with Crippen molar-refractivity contribution in [1.82, 2.24) is 24.9 Å². The maximum absolute atomic E-state index is 12.6. The zero-order valence-electron chi connectivity index (χ0n) is 18.6. The molecular weight excluding hydrogens is 436 g/mol. The van der Waals surface area contributed by atoms with E-state index in [4.69, 9.17) is 4.52 Å². The van der Waals surface area contributed by atoms with Gasteiger partial charge in [0.1, 0.15) is 5.82 Å². The number of nitrogens with zero attached hydrogens (tertiary/aromatic N) is 5. The summed E-state index contributed by atoms with van der Waals surface area (Å²) >= 11 is 1.57. The molecule has 0 bridgehead atoms. The topological polar surface area (TPSA) is 98.7 Å². The summed E-state index contributed by atoms with van der Waals surface area (Å²) in [6.07, 6.45) is 6.06. The second kappa shape index (κ2) is 9.66. The summed E-state index contributed by atoms with van der Waals surface area (Å²) in [6, 6.07) is 9.99. The molecule has 1 aliphatic rings. The molecule has 0 spiro atoms. The van der Waals surface area contributed by atoms with Gasteiger partial charge < -0.3 is 14.4 Å². The van der Waals surface area contributed by atoms with Crippen LogP contribution in [-0.2, 0) is 24.2 Å². The number of aromatic nitrogens is 5. The van der Waals surface area contributed by atoms with Gasteiger partial charge in [-0.15, -0.1) is 21.5 Å². The Morgan fingerprint density at radius 2 is 2.15 bits per heavy atom. The molecule has 1 amide bonds. The highest BCUT2D eigenvalue weighted by Crippen LogP contribution is 2.27. The van der Waals surface area contributed by atoms with E-state index in [1.165, 1.54) is 6.42 Å². The average molecular weight is 463 g/mol. The van der Waals surface area contributed by atoms with Gasteiger partial charge in [0.25, 0.3) is 0 Å². The van der Waals surface area contributed by atoms with Crippen molar-refractivity contribution in [1.29, 1.82) is 0 Å². The van der Waals surface area contributed by atoms with Crippen LogP contribution >= 0.6 is 11.3 Å². The van der Waals surface area contributed by atoms with Crippen LogP contribution in [0.3, 0.4) is 0 Å². The van der Waals surface area contributed by atoms with E-state index < -0.39 is 0 Å². The zero-order valence-corrected chi connectivity index (χ0v) is 19.4. The molecule has 0 atom stereocenters. The number of nitrogens with one attached hydrogen (secondary N) is 1. The monoisotopic (exact) mass is 462 g/mol. The summed E-state index contributed by atoms with van der Waals surface area (Å²) in [5, 5.41) is 17.9. The quantitative estimate of drug-likeness (QED) is 0.412. The summed E-state index contributed by atoms with van der Waals surface area (Å²) in [5.74, 6) is 3.05. The SMILES string of the molecule is Cc1ccc(-c2nnc3n2CCCCC3)cc1NC(=O)CCCc1nc(-c2cccs2)no1. The maximum Gasteiger partial charge on any atom is 0.226 e. The number of benzene rings is 1. The number of carbonyl (C=O) groups is 1. The van der Waals surface area contributed by atoms with Gasteiger partial charge in [-0.05, 0) is 49.3 Å². The maximum atomic E-state index is 12.6. The van der Waals surface area contributed by atoms with Crippen molar-refractivity contribution >= 4 is 22.9 Å². The Kier molecular flexibility index (Phi) is 6.30. The molecule has 4 aromatic rings. The molecular formula is C24H26N6O2S. The van der Waals surface area contributed by atoms with E-state index in [9.17, 15) is 4.79 Å². The van der Waals surface area contributed by atoms with Crippen LogP contribution in [0.5, 0.6) is 0 Å². The number of carbonyl (C=O) groups excluding carboxylic acids is 1. The van der Waals surface area contributed by atoms with Gasteiger partial charge in [-0.25, -0.2) is 0 Å². The highest BCUT2D eigenvalue weighted by atomic mass is 32.1. The van der Waals surface area contributed by atoms with Crippen LogP contribution in [0.1, 0.15) is 49.4 Å². The van der Waals surface area contributed by atoms with Crippen LogP contribution in [0.15, 0.2) is 40.2 Å². The van der Waals surface area contributed by atoms with E-state index in [2.05, 4.69) is 30.2 Å². The van der Waals surface area contributed by atoms with Gasteiger partial charge in [-0.1, -0.05) is 29.8 Å². The highest BCUT2D eigenvalue weighted by molar-refractivity contribution is 7.13. The van der Waals surface area contributed by atoms with Gasteiger partial charge in [0, 0.05) is 37.1 Å². The number of anilines is 1. The number of fused-ring (bicyclic) bond motifs is 1. The van der Waals surface area contributed by atoms with Crippen molar-refractivity contribution in [3.05, 3.63) is 53.0 Å². The number of amides is 1. The Balaban J connectivity index is 1.21. The second-order valence-electron chi connectivity index (χ2n) is 8.32. The van der Waals surface area contributed by atoms with E-state index >= 15 is 0 Å². The molecule has 5 rings (SSSR count). The number of rotatable bonds is 7. The smallest absolute Gasteiger partial charge is 0.226 e. The number of thiophene rings is 1. The Morgan fingerprint density at radius 1 is 1.21 bits per heavy atom. The van der Waals surface area contributed by atoms with Gasteiger partial charge in [0.05, 0.1) is 4.88 Å². The first-order valence-electron chi connectivity index (χ1n) is 11.4. The van der Waals surface area contributed by atoms with Gasteiger partial charge >= 0.3 is 0 Å². The van der Waals surface area contributed by atoms with Crippen molar-refractivity contribution in [3.63, 3.8) is 0 Å². The van der Waals surface area contributed by atoms with Crippen LogP contribution in [0, 0.1) is 6.92 Å². The van der Waals surface area contributed by atoms with Crippen LogP contribution < -0.4 is 5.32 Å². The molecule has 33 heavy (non-hydrogen) atoms. The van der Waals surface area contributed by atoms with Crippen molar-refractivity contribution < 1.29 is 9.32 Å². The molecule has 1 aromatic carbocycles. The molecule has 1 N–H and O–H groups in total. The fraction of sp³-hybridized carbons (Fsp3) is 0.375. The molecule has 1 aliphatic heterocycles. The molecule has 3 aromatic heterocycles. The van der Waals surface area contributed by atoms with Crippen LogP contribution in [0.4, 0.5) is 5.69 Å². The minimum Gasteiger partial charge on any atom is -0.339 e. The number of hydrogen-bond donors (Lipinski definition) is 1. The molecule has 0 radical (unpaired) electrons. The van der Waals surface area contributed by atoms with E-state index in [1.54, 1.807) is 11.3 Å². The van der Waals surface area contributed by atoms with E-state index in [-0.39, 0.29) is 5.91 Å². The third kappa shape index (κ3) is 4.88. The molecule has 0 fully saturated rings. The predicted octanol–water partition coefficient (Wildman–Crippen LogP) is 5.05. The van der Waals surface area contributed by atoms with Crippen molar-refractivity contribution in [2.75, 3.05) is 5.32 Å². The summed E-state index contributed by atoms with van der Waals surface area (Å²) in [7, 11) is 0. The largest absolute Gasteiger partial charge is 0.339 e. The van der Waals surface area contributed by atoms with Crippen LogP contribution in [-0.4, -0.2) is 30.8 Å². The Labute approximate surface area is 196 Å². The van der Waals surface area contributed by atoms with Crippen molar-refractivity contribution in [2.24, 2.45) is 0 Å². The lowest BCUT2D eigenvalue weighted by atomic mass is 10.1. The highest BCUT2D eigenvalue weighted by Gasteiger charge is 2.17. The zero-order chi connectivity index (χ0) is 22.6. The van der Waals surface area contributed by atoms with Crippen LogP contribution in [0.25, 0.3) is 22.1 Å². The number of aryl methyl sites for hydroxylation is 3. The molecule has 9 heteroatoms. The first-order valence-corrected chi connectivity index (χ1v) is 12.2. The fourth-order valence-electron chi connectivity index (χ4n) is 4.07. The predicted molar refractivity (Wildman–Crippen MR) is 127 cm³/mol. The van der Waals surface area contributed by atoms with Crippen LogP contribution in [0.2, 0.25) is 0 Å². The molecule has 8 nitrogen and oxygen atoms in total. The number of hydrogen-bond acceptors (Lipinski definition) is 7. The van der Waals surface area contributed by atoms with Gasteiger partial charge in [0.15, 0.2) is 5.82 Å². The summed E-state index contributed by atoms with van der Waals surface area (Å²) in [6.45, 7) is 2.94. The van der Waals surface area contributed by atoms with Crippen molar-refractivity contribution in [3.8, 4) is 22.1 Å². The lowest BCUT2D eigenvalue weighted by molar-refractivity contribution is -0.116. The molecule has 170 valence electrons. The molecule has 4 heterocycles. The average Bonchev–Trinajstić information content (AvgIpc) is 3.55. The molecule has 0 unspecified atom stereocenters. The minimum atomic E-state index is -0.0340. The standard InChI is InChI=1S/C24H26N6O2S/c1-16-11-12-17(24-28-27-20-8-3-2-4-13-30(20)24)15-18(16)25-21(31)9-5-10-22-26-23(29-32-22)19-7-6-14-33-19/h6-7,11-12,14-15H,2-5,8-10,13H2,1H3,(H,25,31). The minimum absolute atomic E-state index is 0.0340. The third-order valence-corrected chi connectivity index (χ3v) is 6.75. The Bertz CT molecular complexity index is 1240. The van der Waals surface area contributed by atoms with E-state index in [0.717, 1.165) is 59.1 Å². The van der Waals surface area contributed by atoms with E-state index in [0.29, 0.717) is 31.0 Å². The van der Waals surface area contributed by atoms with Gasteiger partial charge in [0.2, 0.25) is 17.6 Å². The third-order valence-electron chi connectivity index (χ3n) is 5.88. The summed E-state index contributed by atoms with van der Waals surface area (Å²) < 4.78 is 7.54. The van der Waals surface area contributed by atoms with Crippen molar-refractivity contribution in [2.45, 2.75) is 58.4 Å². The lowest BCUT2D eigenvalue weighted by Gasteiger charge is -2.12. The van der Waals surface area contributed by atoms with E-state index in [1.807, 2.05) is 42.6 Å². The molecule has 0 saturated carbocycles. The normalized spacial score (nSPS) is 13.5. The fourth-order valence-corrected chi connectivity index (χ4v) is 4.72. The van der Waals surface area contributed by atoms with Gasteiger partial charge in [-0.3, -0.25) is 4.79 Å². The molecule has 0 saturated heterocycles. The first-order chi connectivity index (χ1) is 16.2. The second-order valence-corrected chi connectivity index (χ2v) is 9.27.